The number of carbonyl (C=O) groups is 1. The van der Waals surface area contributed by atoms with E-state index in [1.807, 2.05) is 48.9 Å². The number of aromatic nitrogens is 3. The Bertz CT molecular complexity index is 1340. The van der Waals surface area contributed by atoms with Crippen LogP contribution in [0.1, 0.15) is 16.7 Å². The first-order chi connectivity index (χ1) is 16.0. The summed E-state index contributed by atoms with van der Waals surface area (Å²) in [5, 5.41) is 12.9. The van der Waals surface area contributed by atoms with Crippen LogP contribution in [0.4, 0.5) is 5.69 Å². The van der Waals surface area contributed by atoms with Gasteiger partial charge in [-0.3, -0.25) is 9.36 Å². The van der Waals surface area contributed by atoms with E-state index in [0.29, 0.717) is 17.0 Å². The largest absolute Gasteiger partial charge is 0.438 e. The molecule has 0 aliphatic heterocycles. The molecule has 2 aromatic carbocycles. The monoisotopic (exact) mass is 455 g/mol. The van der Waals surface area contributed by atoms with Gasteiger partial charge in [-0.2, -0.15) is 5.26 Å². The first-order valence-corrected chi connectivity index (χ1v) is 11.2. The third-order valence-electron chi connectivity index (χ3n) is 4.89. The summed E-state index contributed by atoms with van der Waals surface area (Å²) in [5.41, 5.74) is 4.05. The summed E-state index contributed by atoms with van der Waals surface area (Å²) in [7, 11) is 0. The Labute approximate surface area is 196 Å². The lowest BCUT2D eigenvalue weighted by atomic mass is 10.2. The quantitative estimate of drug-likeness (QED) is 0.381. The number of anilines is 1. The number of aryl methyl sites for hydroxylation is 2. The minimum Gasteiger partial charge on any atom is -0.438 e. The highest BCUT2D eigenvalue weighted by molar-refractivity contribution is 7.99. The van der Waals surface area contributed by atoms with Gasteiger partial charge < -0.3 is 10.1 Å². The summed E-state index contributed by atoms with van der Waals surface area (Å²) in [6.07, 6.45) is 5.19. The fourth-order valence-corrected chi connectivity index (χ4v) is 4.00. The van der Waals surface area contributed by atoms with Crippen molar-refractivity contribution in [1.82, 2.24) is 14.5 Å². The van der Waals surface area contributed by atoms with Crippen LogP contribution >= 0.6 is 11.8 Å². The van der Waals surface area contributed by atoms with Crippen LogP contribution in [0.25, 0.3) is 5.69 Å². The number of para-hydroxylation sites is 1. The van der Waals surface area contributed by atoms with Crippen LogP contribution < -0.4 is 10.1 Å². The van der Waals surface area contributed by atoms with Crippen molar-refractivity contribution in [2.75, 3.05) is 11.1 Å². The van der Waals surface area contributed by atoms with E-state index < -0.39 is 0 Å². The van der Waals surface area contributed by atoms with Gasteiger partial charge in [0, 0.05) is 24.3 Å². The summed E-state index contributed by atoms with van der Waals surface area (Å²) < 4.78 is 7.72. The Morgan fingerprint density at radius 3 is 2.73 bits per heavy atom. The number of thioether (sulfide) groups is 1. The van der Waals surface area contributed by atoms with Crippen molar-refractivity contribution in [3.05, 3.63) is 89.9 Å². The van der Waals surface area contributed by atoms with Crippen molar-refractivity contribution in [1.29, 1.82) is 5.26 Å². The lowest BCUT2D eigenvalue weighted by molar-refractivity contribution is -0.113. The number of hydrogen-bond donors (Lipinski definition) is 1. The van der Waals surface area contributed by atoms with Crippen molar-refractivity contribution in [2.24, 2.45) is 0 Å². The second-order valence-corrected chi connectivity index (χ2v) is 8.19. The van der Waals surface area contributed by atoms with E-state index >= 15 is 0 Å². The van der Waals surface area contributed by atoms with Crippen LogP contribution in [0.2, 0.25) is 0 Å². The van der Waals surface area contributed by atoms with Crippen molar-refractivity contribution in [3.63, 3.8) is 0 Å². The molecule has 1 N–H and O–H groups in total. The Balaban J connectivity index is 1.39. The average molecular weight is 456 g/mol. The van der Waals surface area contributed by atoms with E-state index in [1.54, 1.807) is 42.7 Å². The SMILES string of the molecule is Cc1cc(Oc2ncccc2C#N)ccc1NC(=O)CSc1nccn1-c1ccccc1C. The van der Waals surface area contributed by atoms with Crippen molar-refractivity contribution in [3.8, 4) is 23.4 Å². The van der Waals surface area contributed by atoms with Crippen LogP contribution in [0.15, 0.2) is 78.3 Å². The van der Waals surface area contributed by atoms with Crippen LogP contribution in [-0.4, -0.2) is 26.2 Å². The molecule has 0 spiro atoms. The third kappa shape index (κ3) is 5.22. The fraction of sp³-hybridized carbons (Fsp3) is 0.120. The number of rotatable bonds is 7. The molecule has 2 heterocycles. The summed E-state index contributed by atoms with van der Waals surface area (Å²) in [5.74, 6) is 0.875. The molecule has 4 rings (SSSR count). The molecule has 0 bridgehead atoms. The number of nitrogens with zero attached hydrogens (tertiary/aromatic N) is 4. The second kappa shape index (κ2) is 10.0. The van der Waals surface area contributed by atoms with E-state index in [-0.39, 0.29) is 17.5 Å². The van der Waals surface area contributed by atoms with Crippen LogP contribution in [-0.2, 0) is 4.79 Å². The molecule has 0 saturated heterocycles. The molecule has 0 unspecified atom stereocenters. The minimum atomic E-state index is -0.132. The lowest BCUT2D eigenvalue weighted by Gasteiger charge is -2.12. The van der Waals surface area contributed by atoms with Gasteiger partial charge in [-0.05, 0) is 61.4 Å². The zero-order valence-electron chi connectivity index (χ0n) is 18.1. The number of amides is 1. The number of imidazole rings is 1. The molecule has 2 aromatic heterocycles. The third-order valence-corrected chi connectivity index (χ3v) is 5.86. The molecule has 1 amide bonds. The van der Waals surface area contributed by atoms with E-state index in [1.165, 1.54) is 11.8 Å². The van der Waals surface area contributed by atoms with Crippen molar-refractivity contribution < 1.29 is 9.53 Å². The number of benzene rings is 2. The Morgan fingerprint density at radius 2 is 1.94 bits per heavy atom. The highest BCUT2D eigenvalue weighted by atomic mass is 32.2. The maximum absolute atomic E-state index is 12.6. The summed E-state index contributed by atoms with van der Waals surface area (Å²) in [6, 6.07) is 18.7. The predicted octanol–water partition coefficient (Wildman–Crippen LogP) is 5.28. The van der Waals surface area contributed by atoms with Crippen molar-refractivity contribution in [2.45, 2.75) is 19.0 Å². The first-order valence-electron chi connectivity index (χ1n) is 10.2. The van der Waals surface area contributed by atoms with Crippen molar-refractivity contribution >= 4 is 23.4 Å². The summed E-state index contributed by atoms with van der Waals surface area (Å²) in [6.45, 7) is 3.92. The molecule has 0 radical (unpaired) electrons. The normalized spacial score (nSPS) is 10.5. The maximum atomic E-state index is 12.6. The van der Waals surface area contributed by atoms with E-state index in [0.717, 1.165) is 22.0 Å². The summed E-state index contributed by atoms with van der Waals surface area (Å²) >= 11 is 1.38. The molecule has 8 heteroatoms. The number of nitriles is 1. The topological polar surface area (TPSA) is 92.8 Å². The van der Waals surface area contributed by atoms with Gasteiger partial charge in [0.05, 0.1) is 11.4 Å². The molecule has 33 heavy (non-hydrogen) atoms. The van der Waals surface area contributed by atoms with Gasteiger partial charge >= 0.3 is 0 Å². The van der Waals surface area contributed by atoms with E-state index in [4.69, 9.17) is 4.74 Å². The molecule has 0 saturated carbocycles. The zero-order chi connectivity index (χ0) is 23.2. The van der Waals surface area contributed by atoms with Crippen LogP contribution in [0, 0.1) is 25.2 Å². The highest BCUT2D eigenvalue weighted by Gasteiger charge is 2.12. The van der Waals surface area contributed by atoms with Crippen LogP contribution in [0.5, 0.6) is 11.6 Å². The average Bonchev–Trinajstić information content (AvgIpc) is 3.28. The Kier molecular flexibility index (Phi) is 6.72. The van der Waals surface area contributed by atoms with Gasteiger partial charge in [0.15, 0.2) is 5.16 Å². The number of pyridine rings is 1. The first kappa shape index (κ1) is 22.1. The molecular formula is C25H21N5O2S. The van der Waals surface area contributed by atoms with Gasteiger partial charge in [-0.1, -0.05) is 30.0 Å². The van der Waals surface area contributed by atoms with E-state index in [9.17, 15) is 10.1 Å². The minimum absolute atomic E-state index is 0.132. The standard InChI is InChI=1S/C25H21N5O2S/c1-17-6-3-4-8-22(17)30-13-12-28-25(30)33-16-23(31)29-21-10-9-20(14-18(21)2)32-24-19(15-26)7-5-11-27-24/h3-14H,16H2,1-2H3,(H,29,31). The molecule has 4 aromatic rings. The molecule has 164 valence electrons. The number of hydrogen-bond acceptors (Lipinski definition) is 6. The smallest absolute Gasteiger partial charge is 0.237 e. The Morgan fingerprint density at radius 1 is 1.09 bits per heavy atom. The predicted molar refractivity (Wildman–Crippen MR) is 128 cm³/mol. The second-order valence-electron chi connectivity index (χ2n) is 7.25. The lowest BCUT2D eigenvalue weighted by Crippen LogP contribution is -2.15. The number of nitrogens with one attached hydrogen (secondary N) is 1. The molecule has 0 atom stereocenters. The molecule has 0 aliphatic rings. The molecular weight excluding hydrogens is 434 g/mol. The Hall–Kier alpha value is -4.09. The highest BCUT2D eigenvalue weighted by Crippen LogP contribution is 2.27. The van der Waals surface area contributed by atoms with E-state index in [2.05, 4.69) is 21.4 Å². The summed E-state index contributed by atoms with van der Waals surface area (Å²) in [4.78, 5) is 21.1. The van der Waals surface area contributed by atoms with Gasteiger partial charge in [0.25, 0.3) is 0 Å². The number of ether oxygens (including phenoxy) is 1. The van der Waals surface area contributed by atoms with Gasteiger partial charge in [-0.15, -0.1) is 0 Å². The number of carbonyl (C=O) groups excluding carboxylic acids is 1. The van der Waals surface area contributed by atoms with Gasteiger partial charge in [0.2, 0.25) is 11.8 Å². The molecule has 0 aliphatic carbocycles. The zero-order valence-corrected chi connectivity index (χ0v) is 19.0. The van der Waals surface area contributed by atoms with Gasteiger partial charge in [0.1, 0.15) is 17.4 Å². The van der Waals surface area contributed by atoms with Crippen LogP contribution in [0.3, 0.4) is 0 Å². The molecule has 0 fully saturated rings. The fourth-order valence-electron chi connectivity index (χ4n) is 3.24. The molecule has 7 nitrogen and oxygen atoms in total. The maximum Gasteiger partial charge on any atom is 0.237 e. The van der Waals surface area contributed by atoms with Gasteiger partial charge in [-0.25, -0.2) is 9.97 Å².